The number of nitrogens with zero attached hydrogens (tertiary/aromatic N) is 2. The number of aromatic nitrogens is 2. The molecule has 100 valence electrons. The van der Waals surface area contributed by atoms with E-state index in [2.05, 4.69) is 31.2 Å². The second kappa shape index (κ2) is 5.22. The summed E-state index contributed by atoms with van der Waals surface area (Å²) in [6.45, 7) is 0. The van der Waals surface area contributed by atoms with Gasteiger partial charge in [0.1, 0.15) is 11.9 Å². The first-order valence-corrected chi connectivity index (χ1v) is 6.58. The Bertz CT molecular complexity index is 449. The van der Waals surface area contributed by atoms with Crippen LogP contribution in [0.5, 0.6) is 0 Å². The summed E-state index contributed by atoms with van der Waals surface area (Å²) in [4.78, 5) is 7.63. The van der Waals surface area contributed by atoms with Crippen LogP contribution >= 0.6 is 27.5 Å². The van der Waals surface area contributed by atoms with Gasteiger partial charge in [-0.1, -0.05) is 0 Å². The molecular formula is C10H11BrClF2N3O. The van der Waals surface area contributed by atoms with Gasteiger partial charge in [-0.25, -0.2) is 13.8 Å². The number of hydrogen-bond donors (Lipinski definition) is 2. The number of hydrogen-bond acceptors (Lipinski definition) is 4. The Morgan fingerprint density at radius 2 is 2.28 bits per heavy atom. The molecule has 1 aromatic heterocycles. The summed E-state index contributed by atoms with van der Waals surface area (Å²) >= 11 is 8.82. The minimum absolute atomic E-state index is 0.0118. The van der Waals surface area contributed by atoms with Gasteiger partial charge in [0.15, 0.2) is 0 Å². The molecule has 1 fully saturated rings. The van der Waals surface area contributed by atoms with Crippen LogP contribution in [-0.4, -0.2) is 33.1 Å². The molecule has 0 radical (unpaired) electrons. The summed E-state index contributed by atoms with van der Waals surface area (Å²) in [6, 6.07) is -0.754. The molecular weight excluding hydrogens is 331 g/mol. The third-order valence-electron chi connectivity index (χ3n) is 2.88. The number of aliphatic hydroxyl groups excluding tert-OH is 1. The summed E-state index contributed by atoms with van der Waals surface area (Å²) in [5, 5.41) is 12.4. The van der Waals surface area contributed by atoms with E-state index in [0.29, 0.717) is 23.1 Å². The molecule has 1 saturated carbocycles. The Hall–Kier alpha value is -0.530. The van der Waals surface area contributed by atoms with Crippen LogP contribution in [0.1, 0.15) is 19.3 Å². The van der Waals surface area contributed by atoms with E-state index in [0.717, 1.165) is 0 Å². The number of nitrogens with one attached hydrogen (secondary N) is 1. The van der Waals surface area contributed by atoms with Crippen molar-refractivity contribution >= 4 is 33.3 Å². The van der Waals surface area contributed by atoms with Crippen LogP contribution in [-0.2, 0) is 0 Å². The van der Waals surface area contributed by atoms with Crippen LogP contribution in [0.4, 0.5) is 14.6 Å². The monoisotopic (exact) mass is 341 g/mol. The number of anilines is 1. The molecule has 2 N–H and O–H groups in total. The van der Waals surface area contributed by atoms with E-state index >= 15 is 0 Å². The molecule has 1 aromatic rings. The predicted molar refractivity (Wildman–Crippen MR) is 67.0 cm³/mol. The predicted octanol–water partition coefficient (Wildman–Crippen LogP) is 2.85. The second-order valence-electron chi connectivity index (χ2n) is 4.18. The van der Waals surface area contributed by atoms with Gasteiger partial charge >= 0.3 is 0 Å². The minimum atomic E-state index is -3.07. The molecule has 2 rings (SSSR count). The van der Waals surface area contributed by atoms with Gasteiger partial charge in [0.2, 0.25) is 5.28 Å². The summed E-state index contributed by atoms with van der Waals surface area (Å²) in [6.07, 6.45) is 0.193. The number of halogens is 4. The molecule has 4 nitrogen and oxygen atoms in total. The van der Waals surface area contributed by atoms with Gasteiger partial charge in [0, 0.05) is 12.6 Å². The second-order valence-corrected chi connectivity index (χ2v) is 5.38. The molecule has 0 bridgehead atoms. The summed E-state index contributed by atoms with van der Waals surface area (Å²) in [5.74, 6) is -2.77. The molecule has 0 amide bonds. The lowest BCUT2D eigenvalue weighted by atomic mass is 9.89. The quantitative estimate of drug-likeness (QED) is 0.812. The van der Waals surface area contributed by atoms with Gasteiger partial charge in [0.05, 0.1) is 10.5 Å². The summed E-state index contributed by atoms with van der Waals surface area (Å²) in [7, 11) is 0. The van der Waals surface area contributed by atoms with E-state index in [9.17, 15) is 13.9 Å². The van der Waals surface area contributed by atoms with Gasteiger partial charge in [0.25, 0.3) is 5.92 Å². The fourth-order valence-electron chi connectivity index (χ4n) is 1.93. The average molecular weight is 343 g/mol. The topological polar surface area (TPSA) is 58.0 Å². The number of aliphatic hydroxyl groups is 1. The largest absolute Gasteiger partial charge is 0.385 e. The smallest absolute Gasteiger partial charge is 0.275 e. The van der Waals surface area contributed by atoms with Crippen LogP contribution in [0, 0.1) is 0 Å². The summed E-state index contributed by atoms with van der Waals surface area (Å²) in [5.41, 5.74) is 0. The first kappa shape index (κ1) is 13.9. The Morgan fingerprint density at radius 3 is 3.00 bits per heavy atom. The molecule has 0 aromatic carbocycles. The molecule has 1 aliphatic carbocycles. The highest BCUT2D eigenvalue weighted by Crippen LogP contribution is 2.35. The number of alkyl halides is 2. The first-order valence-electron chi connectivity index (χ1n) is 5.40. The Balaban J connectivity index is 2.15. The highest BCUT2D eigenvalue weighted by atomic mass is 79.9. The van der Waals surface area contributed by atoms with Crippen LogP contribution in [0.25, 0.3) is 0 Å². The molecule has 18 heavy (non-hydrogen) atoms. The standard InChI is InChI=1S/C10H11BrClF2N3O/c11-5-4-15-9(12)17-8(5)16-6-2-1-3-10(13,14)7(6)18/h4,6-7,18H,1-3H2,(H,15,16,17)/t6-,7+/m1/s1. The minimum Gasteiger partial charge on any atom is -0.385 e. The van der Waals surface area contributed by atoms with Crippen molar-refractivity contribution in [3.63, 3.8) is 0 Å². The van der Waals surface area contributed by atoms with Crippen molar-refractivity contribution in [1.29, 1.82) is 0 Å². The van der Waals surface area contributed by atoms with E-state index < -0.39 is 18.1 Å². The van der Waals surface area contributed by atoms with Crippen LogP contribution in [0.3, 0.4) is 0 Å². The fourth-order valence-corrected chi connectivity index (χ4v) is 2.37. The molecule has 8 heteroatoms. The Morgan fingerprint density at radius 1 is 1.56 bits per heavy atom. The van der Waals surface area contributed by atoms with Crippen molar-refractivity contribution in [3.8, 4) is 0 Å². The third kappa shape index (κ3) is 2.89. The maximum absolute atomic E-state index is 13.4. The lowest BCUT2D eigenvalue weighted by Gasteiger charge is -2.35. The highest BCUT2D eigenvalue weighted by molar-refractivity contribution is 9.10. The van der Waals surface area contributed by atoms with Crippen molar-refractivity contribution < 1.29 is 13.9 Å². The maximum Gasteiger partial charge on any atom is 0.275 e. The van der Waals surface area contributed by atoms with Crippen molar-refractivity contribution in [3.05, 3.63) is 16.0 Å². The van der Waals surface area contributed by atoms with Crippen molar-refractivity contribution in [2.45, 2.75) is 37.3 Å². The fraction of sp³-hybridized carbons (Fsp3) is 0.600. The SMILES string of the molecule is O[C@H]1[C@H](Nc2nc(Cl)ncc2Br)CCCC1(F)F. The third-order valence-corrected chi connectivity index (χ3v) is 3.64. The normalized spacial score (nSPS) is 26.9. The van der Waals surface area contributed by atoms with E-state index in [1.54, 1.807) is 0 Å². The van der Waals surface area contributed by atoms with Crippen LogP contribution < -0.4 is 5.32 Å². The van der Waals surface area contributed by atoms with Gasteiger partial charge < -0.3 is 10.4 Å². The van der Waals surface area contributed by atoms with Gasteiger partial charge in [-0.15, -0.1) is 0 Å². The molecule has 0 unspecified atom stereocenters. The van der Waals surface area contributed by atoms with Crippen molar-refractivity contribution in [2.75, 3.05) is 5.32 Å². The Kier molecular flexibility index (Phi) is 4.03. The number of rotatable bonds is 2. The zero-order valence-electron chi connectivity index (χ0n) is 9.21. The van der Waals surface area contributed by atoms with E-state index in [1.165, 1.54) is 6.20 Å². The van der Waals surface area contributed by atoms with Crippen LogP contribution in [0.2, 0.25) is 5.28 Å². The molecule has 0 saturated heterocycles. The maximum atomic E-state index is 13.4. The van der Waals surface area contributed by atoms with Crippen molar-refractivity contribution in [2.24, 2.45) is 0 Å². The molecule has 1 aliphatic rings. The molecule has 0 spiro atoms. The lowest BCUT2D eigenvalue weighted by molar-refractivity contribution is -0.135. The van der Waals surface area contributed by atoms with E-state index in [-0.39, 0.29) is 11.7 Å². The molecule has 0 aliphatic heterocycles. The molecule has 2 atom stereocenters. The average Bonchev–Trinajstić information content (AvgIpc) is 2.30. The highest BCUT2D eigenvalue weighted by Gasteiger charge is 2.46. The zero-order chi connectivity index (χ0) is 13.3. The Labute approximate surface area is 116 Å². The van der Waals surface area contributed by atoms with Crippen LogP contribution in [0.15, 0.2) is 10.7 Å². The van der Waals surface area contributed by atoms with Crippen molar-refractivity contribution in [1.82, 2.24) is 9.97 Å². The van der Waals surface area contributed by atoms with E-state index in [4.69, 9.17) is 11.6 Å². The van der Waals surface area contributed by atoms with Gasteiger partial charge in [-0.3, -0.25) is 0 Å². The lowest BCUT2D eigenvalue weighted by Crippen LogP contribution is -2.49. The summed E-state index contributed by atoms with van der Waals surface area (Å²) < 4.78 is 27.2. The van der Waals surface area contributed by atoms with E-state index in [1.807, 2.05) is 0 Å². The van der Waals surface area contributed by atoms with Gasteiger partial charge in [-0.2, -0.15) is 4.98 Å². The first-order chi connectivity index (χ1) is 8.40. The molecule has 1 heterocycles. The zero-order valence-corrected chi connectivity index (χ0v) is 11.5. The van der Waals surface area contributed by atoms with Gasteiger partial charge in [-0.05, 0) is 40.4 Å².